The minimum atomic E-state index is -4.38. The number of nitriles is 2. The monoisotopic (exact) mass is 378 g/mol. The van der Waals surface area contributed by atoms with Gasteiger partial charge in [0.15, 0.2) is 11.4 Å². The summed E-state index contributed by atoms with van der Waals surface area (Å²) in [7, 11) is 0. The van der Waals surface area contributed by atoms with Crippen molar-refractivity contribution in [3.8, 4) is 23.5 Å². The van der Waals surface area contributed by atoms with Crippen molar-refractivity contribution in [2.45, 2.75) is 18.0 Å². The number of nitrogens with zero attached hydrogens (tertiary/aromatic N) is 4. The first-order chi connectivity index (χ1) is 12.2. The third kappa shape index (κ3) is 3.97. The van der Waals surface area contributed by atoms with Gasteiger partial charge in [-0.1, -0.05) is 6.58 Å². The Bertz CT molecular complexity index is 986. The van der Waals surface area contributed by atoms with E-state index >= 15 is 0 Å². The summed E-state index contributed by atoms with van der Waals surface area (Å²) in [6.45, 7) is 4.86. The lowest BCUT2D eigenvalue weighted by Crippen LogP contribution is -2.10. The summed E-state index contributed by atoms with van der Waals surface area (Å²) in [4.78, 5) is 4.15. The molecule has 0 aliphatic carbocycles. The number of benzene rings is 1. The summed E-state index contributed by atoms with van der Waals surface area (Å²) in [6.07, 6.45) is -3.18. The van der Waals surface area contributed by atoms with E-state index in [9.17, 15) is 22.8 Å². The van der Waals surface area contributed by atoms with E-state index in [1.165, 1.54) is 19.2 Å². The molecule has 0 spiro atoms. The quantitative estimate of drug-likeness (QED) is 0.441. The number of imidazole rings is 1. The molecule has 1 aromatic carbocycles. The molecule has 0 bridgehead atoms. The Balaban J connectivity index is 2.66. The molecule has 0 radical (unpaired) electrons. The zero-order chi connectivity index (χ0) is 19.5. The Morgan fingerprint density at radius 1 is 1.31 bits per heavy atom. The first-order valence-corrected chi connectivity index (χ1v) is 7.98. The van der Waals surface area contributed by atoms with Crippen LogP contribution >= 0.6 is 11.8 Å². The van der Waals surface area contributed by atoms with Crippen LogP contribution in [0.2, 0.25) is 0 Å². The van der Waals surface area contributed by atoms with Gasteiger partial charge in [-0.2, -0.15) is 23.7 Å². The van der Waals surface area contributed by atoms with Gasteiger partial charge in [-0.3, -0.25) is 4.57 Å². The maximum Gasteiger partial charge on any atom is 0.398 e. The van der Waals surface area contributed by atoms with E-state index in [0.717, 1.165) is 10.6 Å². The second-order valence-corrected chi connectivity index (χ2v) is 6.08. The van der Waals surface area contributed by atoms with Gasteiger partial charge in [0.1, 0.15) is 23.8 Å². The molecule has 2 aromatic rings. The predicted molar refractivity (Wildman–Crippen MR) is 88.5 cm³/mol. The smallest absolute Gasteiger partial charge is 0.282 e. The van der Waals surface area contributed by atoms with Crippen LogP contribution in [0.5, 0.6) is 0 Å². The van der Waals surface area contributed by atoms with E-state index in [-0.39, 0.29) is 27.7 Å². The number of alkyl halides is 3. The zero-order valence-corrected chi connectivity index (χ0v) is 14.2. The third-order valence-corrected chi connectivity index (χ3v) is 4.46. The Kier molecular flexibility index (Phi) is 5.56. The maximum absolute atomic E-state index is 14.5. The Morgan fingerprint density at radius 3 is 2.54 bits per heavy atom. The fourth-order valence-electron chi connectivity index (χ4n) is 2.16. The van der Waals surface area contributed by atoms with Crippen LogP contribution in [-0.4, -0.2) is 21.5 Å². The van der Waals surface area contributed by atoms with Crippen LogP contribution in [0, 0.1) is 35.4 Å². The van der Waals surface area contributed by atoms with Crippen molar-refractivity contribution in [2.75, 3.05) is 5.75 Å². The molecule has 0 fully saturated rings. The van der Waals surface area contributed by atoms with Crippen molar-refractivity contribution in [3.63, 3.8) is 0 Å². The summed E-state index contributed by atoms with van der Waals surface area (Å²) in [5, 5.41) is 18.3. The Hall–Kier alpha value is -3.00. The minimum absolute atomic E-state index is 0.0967. The van der Waals surface area contributed by atoms with Gasteiger partial charge in [0.25, 0.3) is 0 Å². The number of rotatable bonds is 4. The van der Waals surface area contributed by atoms with Gasteiger partial charge < -0.3 is 0 Å². The van der Waals surface area contributed by atoms with Crippen molar-refractivity contribution >= 4 is 18.0 Å². The molecule has 0 atom stereocenters. The lowest BCUT2D eigenvalue weighted by molar-refractivity contribution is -0.105. The van der Waals surface area contributed by atoms with Gasteiger partial charge in [-0.25, -0.2) is 9.37 Å². The molecule has 0 unspecified atom stereocenters. The SMILES string of the molecule is C=C=Cn1c(-c2cc(SCC(F)(F)F)c(C)cc2F)nc(C#N)c1C#N. The molecule has 0 amide bonds. The molecule has 0 saturated carbocycles. The van der Waals surface area contributed by atoms with E-state index in [0.29, 0.717) is 17.3 Å². The van der Waals surface area contributed by atoms with Crippen molar-refractivity contribution < 1.29 is 17.6 Å². The molecular formula is C17H10F4N4S. The number of hydrogen-bond acceptors (Lipinski definition) is 4. The highest BCUT2D eigenvalue weighted by molar-refractivity contribution is 7.99. The number of halogens is 4. The topological polar surface area (TPSA) is 65.4 Å². The zero-order valence-electron chi connectivity index (χ0n) is 13.4. The van der Waals surface area contributed by atoms with Crippen LogP contribution in [0.25, 0.3) is 17.6 Å². The third-order valence-electron chi connectivity index (χ3n) is 3.24. The number of aryl methyl sites for hydroxylation is 1. The highest BCUT2D eigenvalue weighted by atomic mass is 32.2. The minimum Gasteiger partial charge on any atom is -0.282 e. The summed E-state index contributed by atoms with van der Waals surface area (Å²) >= 11 is 0.516. The van der Waals surface area contributed by atoms with E-state index < -0.39 is 17.7 Å². The van der Waals surface area contributed by atoms with E-state index in [1.54, 1.807) is 12.1 Å². The van der Waals surface area contributed by atoms with E-state index in [1.807, 2.05) is 0 Å². The van der Waals surface area contributed by atoms with Crippen molar-refractivity contribution in [1.29, 1.82) is 10.5 Å². The molecule has 1 aromatic heterocycles. The van der Waals surface area contributed by atoms with Gasteiger partial charge in [0.2, 0.25) is 0 Å². The van der Waals surface area contributed by atoms with Crippen LogP contribution < -0.4 is 0 Å². The summed E-state index contributed by atoms with van der Waals surface area (Å²) in [6, 6.07) is 5.82. The number of thioether (sulfide) groups is 1. The van der Waals surface area contributed by atoms with Crippen molar-refractivity contribution in [3.05, 3.63) is 47.2 Å². The molecule has 132 valence electrons. The van der Waals surface area contributed by atoms with E-state index in [4.69, 9.17) is 5.26 Å². The van der Waals surface area contributed by atoms with Gasteiger partial charge in [-0.05, 0) is 24.6 Å². The summed E-state index contributed by atoms with van der Waals surface area (Å²) < 4.78 is 53.0. The fraction of sp³-hybridized carbons (Fsp3) is 0.176. The standard InChI is InChI=1S/C17H10F4N4S/c1-3-4-25-14(8-23)13(7-22)24-16(25)11-6-15(10(2)5-12(11)18)26-9-17(19,20)21/h4-6H,1,9H2,2H3. The number of hydrogen-bond donors (Lipinski definition) is 0. The molecule has 4 nitrogen and oxygen atoms in total. The first-order valence-electron chi connectivity index (χ1n) is 7.00. The van der Waals surface area contributed by atoms with Gasteiger partial charge in [0, 0.05) is 4.90 Å². The van der Waals surface area contributed by atoms with Crippen LogP contribution in [0.3, 0.4) is 0 Å². The molecule has 26 heavy (non-hydrogen) atoms. The molecule has 0 aliphatic heterocycles. The molecule has 2 rings (SSSR count). The highest BCUT2D eigenvalue weighted by Gasteiger charge is 2.28. The Morgan fingerprint density at radius 2 is 2.00 bits per heavy atom. The number of aromatic nitrogens is 2. The average molecular weight is 378 g/mol. The summed E-state index contributed by atoms with van der Waals surface area (Å²) in [5.41, 5.74) is 2.22. The van der Waals surface area contributed by atoms with Crippen LogP contribution in [-0.2, 0) is 0 Å². The first kappa shape index (κ1) is 19.3. The van der Waals surface area contributed by atoms with Crippen LogP contribution in [0.4, 0.5) is 17.6 Å². The molecule has 0 N–H and O–H groups in total. The molecule has 0 aliphatic rings. The van der Waals surface area contributed by atoms with Gasteiger partial charge in [-0.15, -0.1) is 17.5 Å². The predicted octanol–water partition coefficient (Wildman–Crippen LogP) is 4.65. The normalized spacial score (nSPS) is 10.7. The largest absolute Gasteiger partial charge is 0.398 e. The fourth-order valence-corrected chi connectivity index (χ4v) is 2.97. The highest BCUT2D eigenvalue weighted by Crippen LogP contribution is 2.34. The average Bonchev–Trinajstić information content (AvgIpc) is 2.91. The second-order valence-electron chi connectivity index (χ2n) is 5.06. The van der Waals surface area contributed by atoms with Gasteiger partial charge in [0.05, 0.1) is 17.5 Å². The van der Waals surface area contributed by atoms with Crippen molar-refractivity contribution in [1.82, 2.24) is 9.55 Å². The van der Waals surface area contributed by atoms with Crippen LogP contribution in [0.15, 0.2) is 29.3 Å². The molecule has 0 saturated heterocycles. The molecule has 9 heteroatoms. The van der Waals surface area contributed by atoms with E-state index in [2.05, 4.69) is 17.3 Å². The van der Waals surface area contributed by atoms with Crippen LogP contribution in [0.1, 0.15) is 17.0 Å². The lowest BCUT2D eigenvalue weighted by Gasteiger charge is -2.11. The lowest BCUT2D eigenvalue weighted by atomic mass is 10.1. The van der Waals surface area contributed by atoms with Gasteiger partial charge >= 0.3 is 6.18 Å². The molecule has 1 heterocycles. The molecular weight excluding hydrogens is 368 g/mol. The summed E-state index contributed by atoms with van der Waals surface area (Å²) in [5.74, 6) is -1.97. The van der Waals surface area contributed by atoms with Crippen molar-refractivity contribution in [2.24, 2.45) is 0 Å². The second kappa shape index (κ2) is 7.49. The maximum atomic E-state index is 14.5. The Labute approximate surface area is 150 Å².